The first-order valence-corrected chi connectivity index (χ1v) is 16.0. The topological polar surface area (TPSA) is 0 Å². The summed E-state index contributed by atoms with van der Waals surface area (Å²) in [6.45, 7) is 0. The summed E-state index contributed by atoms with van der Waals surface area (Å²) in [5.41, 5.74) is 15.6. The standard InChI is InChI=1S/C27H18.2CH3.Ti/c1-3-11-22-20(7-1)16-26-18(9-5-13-24(22)26)15-19-10-6-14-25-23-12-4-2-8-21(23)17-27(19)25;;;/h1-14,16-17H,15H2;2*1H3;. The Morgan fingerprint density at radius 2 is 0.967 bits per heavy atom. The molecule has 2 aliphatic carbocycles. The Morgan fingerprint density at radius 3 is 1.47 bits per heavy atom. The summed E-state index contributed by atoms with van der Waals surface area (Å²) in [5.74, 6) is 0. The van der Waals surface area contributed by atoms with Crippen LogP contribution in [0.3, 0.4) is 0 Å². The molecule has 7 rings (SSSR count). The van der Waals surface area contributed by atoms with Gasteiger partial charge in [-0.2, -0.15) is 0 Å². The minimum absolute atomic E-state index is 0.602. The summed E-state index contributed by atoms with van der Waals surface area (Å²) in [7, 11) is 0. The van der Waals surface area contributed by atoms with Crippen LogP contribution in [0.25, 0.3) is 22.3 Å². The zero-order chi connectivity index (χ0) is 20.0. The molecule has 0 N–H and O–H groups in total. The van der Waals surface area contributed by atoms with Crippen molar-refractivity contribution in [2.75, 3.05) is 0 Å². The summed E-state index contributed by atoms with van der Waals surface area (Å²) < 4.78 is 1.20. The third-order valence-electron chi connectivity index (χ3n) is 7.96. The minimum atomic E-state index is -2.50. The van der Waals surface area contributed by atoms with Crippen molar-refractivity contribution in [2.24, 2.45) is 0 Å². The van der Waals surface area contributed by atoms with E-state index in [0.29, 0.717) is 8.45 Å². The number of fused-ring (bicyclic) bond motifs is 6. The Balaban J connectivity index is 1.62. The van der Waals surface area contributed by atoms with Crippen molar-refractivity contribution < 1.29 is 16.6 Å². The van der Waals surface area contributed by atoms with Crippen LogP contribution in [0.4, 0.5) is 0 Å². The SMILES string of the molecule is [CH3][Ti]1([CH3])[CH]2c3ccccc3-c3cccc(c32)Cc2cccc3c2[CH]1c1ccccc1-3. The molecule has 4 aromatic rings. The molecule has 0 saturated carbocycles. The molecule has 0 radical (unpaired) electrons. The molecule has 0 spiro atoms. The van der Waals surface area contributed by atoms with Gasteiger partial charge in [0, 0.05) is 0 Å². The Morgan fingerprint density at radius 1 is 0.533 bits per heavy atom. The van der Waals surface area contributed by atoms with E-state index < -0.39 is 16.6 Å². The van der Waals surface area contributed by atoms with Crippen molar-refractivity contribution in [3.63, 3.8) is 0 Å². The van der Waals surface area contributed by atoms with Gasteiger partial charge in [0.25, 0.3) is 0 Å². The fourth-order valence-corrected chi connectivity index (χ4v) is 14.1. The first kappa shape index (κ1) is 17.3. The monoisotopic (exact) mass is 420 g/mol. The summed E-state index contributed by atoms with van der Waals surface area (Å²) in [4.78, 5) is 0. The molecule has 0 aromatic heterocycles. The van der Waals surface area contributed by atoms with Gasteiger partial charge in [0.05, 0.1) is 0 Å². The van der Waals surface area contributed by atoms with Gasteiger partial charge in [0.2, 0.25) is 0 Å². The van der Waals surface area contributed by atoms with Crippen LogP contribution in [-0.2, 0) is 23.0 Å². The number of hydrogen-bond acceptors (Lipinski definition) is 0. The predicted molar refractivity (Wildman–Crippen MR) is 122 cm³/mol. The van der Waals surface area contributed by atoms with Crippen LogP contribution in [0, 0.1) is 0 Å². The second kappa shape index (κ2) is 5.84. The first-order chi connectivity index (χ1) is 14.7. The molecular formula is C29H24Ti. The van der Waals surface area contributed by atoms with Crippen LogP contribution in [0.2, 0.25) is 10.5 Å². The summed E-state index contributed by atoms with van der Waals surface area (Å²) in [5, 5.41) is 5.40. The van der Waals surface area contributed by atoms with Gasteiger partial charge in [-0.05, 0) is 0 Å². The molecule has 0 amide bonds. The van der Waals surface area contributed by atoms with E-state index in [-0.39, 0.29) is 0 Å². The van der Waals surface area contributed by atoms with Crippen LogP contribution in [0.1, 0.15) is 41.8 Å². The van der Waals surface area contributed by atoms with E-state index in [1.165, 1.54) is 22.3 Å². The fourth-order valence-electron chi connectivity index (χ4n) is 6.90. The molecule has 30 heavy (non-hydrogen) atoms. The van der Waals surface area contributed by atoms with E-state index in [0.717, 1.165) is 6.42 Å². The van der Waals surface area contributed by atoms with E-state index >= 15 is 0 Å². The quantitative estimate of drug-likeness (QED) is 0.256. The molecule has 0 nitrogen and oxygen atoms in total. The maximum atomic E-state index is 2.70. The normalized spacial score (nSPS) is 21.1. The molecule has 3 aliphatic rings. The molecule has 2 unspecified atom stereocenters. The van der Waals surface area contributed by atoms with Gasteiger partial charge in [-0.3, -0.25) is 0 Å². The number of benzene rings is 4. The summed E-state index contributed by atoms with van der Waals surface area (Å²) >= 11 is -2.50. The Hall–Kier alpha value is -2.41. The van der Waals surface area contributed by atoms with Gasteiger partial charge < -0.3 is 0 Å². The average molecular weight is 420 g/mol. The first-order valence-electron chi connectivity index (χ1n) is 11.1. The third-order valence-corrected chi connectivity index (χ3v) is 14.5. The van der Waals surface area contributed by atoms with Crippen molar-refractivity contribution in [3.05, 3.63) is 118 Å². The van der Waals surface area contributed by atoms with Crippen LogP contribution >= 0.6 is 0 Å². The van der Waals surface area contributed by atoms with Crippen molar-refractivity contribution in [3.8, 4) is 22.3 Å². The average Bonchev–Trinajstić information content (AvgIpc) is 3.28. The van der Waals surface area contributed by atoms with Crippen LogP contribution in [-0.4, -0.2) is 0 Å². The van der Waals surface area contributed by atoms with E-state index in [4.69, 9.17) is 0 Å². The Kier molecular flexibility index (Phi) is 3.37. The van der Waals surface area contributed by atoms with Gasteiger partial charge in [-0.15, -0.1) is 0 Å². The summed E-state index contributed by atoms with van der Waals surface area (Å²) in [6.07, 6.45) is 1.06. The van der Waals surface area contributed by atoms with Crippen LogP contribution in [0.15, 0.2) is 84.9 Å². The number of hydrogen-bond donors (Lipinski definition) is 0. The molecular weight excluding hydrogens is 396 g/mol. The predicted octanol–water partition coefficient (Wildman–Crippen LogP) is 7.68. The van der Waals surface area contributed by atoms with E-state index in [1.807, 2.05) is 0 Å². The molecule has 0 fully saturated rings. The number of rotatable bonds is 0. The molecule has 2 atom stereocenters. The molecule has 1 heterocycles. The van der Waals surface area contributed by atoms with Crippen LogP contribution < -0.4 is 0 Å². The van der Waals surface area contributed by atoms with Gasteiger partial charge in [0.15, 0.2) is 0 Å². The summed E-state index contributed by atoms with van der Waals surface area (Å²) in [6, 6.07) is 32.6. The maximum absolute atomic E-state index is 2.70. The fraction of sp³-hybridized carbons (Fsp3) is 0.172. The molecule has 0 saturated heterocycles. The van der Waals surface area contributed by atoms with Crippen molar-refractivity contribution >= 4 is 0 Å². The van der Waals surface area contributed by atoms with E-state index in [9.17, 15) is 0 Å². The van der Waals surface area contributed by atoms with Gasteiger partial charge in [-0.25, -0.2) is 0 Å². The molecule has 1 heteroatoms. The van der Waals surface area contributed by atoms with Crippen molar-refractivity contribution in [2.45, 2.75) is 25.3 Å². The second-order valence-electron chi connectivity index (χ2n) is 9.80. The van der Waals surface area contributed by atoms with E-state index in [2.05, 4.69) is 95.4 Å². The molecule has 0 bridgehead atoms. The van der Waals surface area contributed by atoms with Gasteiger partial charge in [-0.1, -0.05) is 0 Å². The molecule has 144 valence electrons. The molecule has 1 aliphatic heterocycles. The van der Waals surface area contributed by atoms with Gasteiger partial charge in [0.1, 0.15) is 0 Å². The van der Waals surface area contributed by atoms with E-state index in [1.54, 1.807) is 33.4 Å². The Labute approximate surface area is 182 Å². The second-order valence-corrected chi connectivity index (χ2v) is 17.3. The molecule has 4 aromatic carbocycles. The van der Waals surface area contributed by atoms with Crippen molar-refractivity contribution in [1.82, 2.24) is 0 Å². The third kappa shape index (κ3) is 2.02. The Bertz CT molecular complexity index is 1260. The van der Waals surface area contributed by atoms with Crippen LogP contribution in [0.5, 0.6) is 0 Å². The van der Waals surface area contributed by atoms with Crippen molar-refractivity contribution in [1.29, 1.82) is 0 Å². The zero-order valence-corrected chi connectivity index (χ0v) is 19.0. The van der Waals surface area contributed by atoms with Gasteiger partial charge >= 0.3 is 182 Å². The zero-order valence-electron chi connectivity index (χ0n) is 17.4.